The van der Waals surface area contributed by atoms with E-state index in [0.29, 0.717) is 18.7 Å². The largest absolute Gasteiger partial charge is 0.445 e. The summed E-state index contributed by atoms with van der Waals surface area (Å²) in [6.07, 6.45) is 0.345. The average molecular weight is 326 g/mol. The van der Waals surface area contributed by atoms with Crippen LogP contribution in [0.2, 0.25) is 0 Å². The summed E-state index contributed by atoms with van der Waals surface area (Å²) in [5, 5.41) is 10.4. The van der Waals surface area contributed by atoms with Crippen molar-refractivity contribution in [2.75, 3.05) is 12.5 Å². The van der Waals surface area contributed by atoms with Crippen molar-refractivity contribution in [3.8, 4) is 0 Å². The second kappa shape index (κ2) is 7.47. The van der Waals surface area contributed by atoms with Crippen molar-refractivity contribution in [3.05, 3.63) is 35.9 Å². The Morgan fingerprint density at radius 2 is 2.23 bits per heavy atom. The number of alkyl carbamates (subject to hydrolysis) is 1. The van der Waals surface area contributed by atoms with Gasteiger partial charge in [-0.05, 0) is 12.0 Å². The van der Waals surface area contributed by atoms with Crippen molar-refractivity contribution in [3.63, 3.8) is 0 Å². The van der Waals surface area contributed by atoms with E-state index in [1.807, 2.05) is 30.3 Å². The first kappa shape index (κ1) is 16.6. The fourth-order valence-electron chi connectivity index (χ4n) is 2.37. The first-order valence-electron chi connectivity index (χ1n) is 7.07. The molecule has 2 atom stereocenters. The Hall–Kier alpha value is -1.79. The zero-order valence-electron chi connectivity index (χ0n) is 12.2. The molecule has 1 saturated heterocycles. The molecule has 0 aliphatic carbocycles. The number of carbonyl (C=O) groups excluding carboxylic acids is 1. The second-order valence-electron chi connectivity index (χ2n) is 5.30. The zero-order valence-corrected chi connectivity index (χ0v) is 12.9. The number of carbonyl (C=O) groups is 1. The maximum Gasteiger partial charge on any atom is 0.408 e. The highest BCUT2D eigenvalue weighted by molar-refractivity contribution is 6.17. The van der Waals surface area contributed by atoms with E-state index in [9.17, 15) is 4.79 Å². The molecule has 120 valence electrons. The fraction of sp³-hybridized carbons (Fsp3) is 0.467. The van der Waals surface area contributed by atoms with Crippen molar-refractivity contribution in [1.82, 2.24) is 5.32 Å². The molecule has 0 bridgehead atoms. The van der Waals surface area contributed by atoms with Gasteiger partial charge in [0.1, 0.15) is 18.0 Å². The number of nitrogens with one attached hydrogen (secondary N) is 2. The van der Waals surface area contributed by atoms with Gasteiger partial charge in [0.25, 0.3) is 0 Å². The lowest BCUT2D eigenvalue weighted by molar-refractivity contribution is 0.0996. The highest BCUT2D eigenvalue weighted by Crippen LogP contribution is 2.26. The van der Waals surface area contributed by atoms with Crippen molar-refractivity contribution >= 4 is 23.5 Å². The van der Waals surface area contributed by atoms with Gasteiger partial charge in [0.2, 0.25) is 0 Å². The minimum atomic E-state index is -1.01. The summed E-state index contributed by atoms with van der Waals surface area (Å²) in [4.78, 5) is 12.0. The van der Waals surface area contributed by atoms with Crippen LogP contribution in [-0.4, -0.2) is 36.1 Å². The van der Waals surface area contributed by atoms with Crippen LogP contribution in [0.1, 0.15) is 18.4 Å². The van der Waals surface area contributed by atoms with Crippen LogP contribution in [0.5, 0.6) is 0 Å². The number of amidine groups is 1. The van der Waals surface area contributed by atoms with E-state index in [-0.39, 0.29) is 25.2 Å². The van der Waals surface area contributed by atoms with E-state index < -0.39 is 11.6 Å². The minimum absolute atomic E-state index is 0.115. The Balaban J connectivity index is 1.91. The summed E-state index contributed by atoms with van der Waals surface area (Å²) < 4.78 is 10.7. The summed E-state index contributed by atoms with van der Waals surface area (Å²) in [5.41, 5.74) is 5.52. The van der Waals surface area contributed by atoms with E-state index in [4.69, 9.17) is 32.2 Å². The average Bonchev–Trinajstić information content (AvgIpc) is 2.91. The van der Waals surface area contributed by atoms with Gasteiger partial charge in [-0.3, -0.25) is 5.41 Å². The number of benzene rings is 1. The third-order valence-electron chi connectivity index (χ3n) is 3.64. The molecule has 1 amide bonds. The maximum atomic E-state index is 12.0. The van der Waals surface area contributed by atoms with Gasteiger partial charge in [-0.1, -0.05) is 30.3 Å². The predicted octanol–water partition coefficient (Wildman–Crippen LogP) is 2.01. The molecular formula is C15H20ClN3O3. The molecule has 1 fully saturated rings. The Morgan fingerprint density at radius 3 is 2.86 bits per heavy atom. The normalized spacial score (nSPS) is 24.0. The molecule has 1 aliphatic heterocycles. The highest BCUT2D eigenvalue weighted by Gasteiger charge is 2.44. The minimum Gasteiger partial charge on any atom is -0.445 e. The van der Waals surface area contributed by atoms with Crippen LogP contribution in [0.25, 0.3) is 0 Å². The van der Waals surface area contributed by atoms with Gasteiger partial charge in [0, 0.05) is 12.3 Å². The summed E-state index contributed by atoms with van der Waals surface area (Å²) in [5.74, 6) is 0.318. The second-order valence-corrected chi connectivity index (χ2v) is 5.68. The van der Waals surface area contributed by atoms with Crippen molar-refractivity contribution in [2.45, 2.75) is 31.1 Å². The van der Waals surface area contributed by atoms with Gasteiger partial charge in [0.15, 0.2) is 0 Å². The zero-order chi connectivity index (χ0) is 16.0. The Bertz CT molecular complexity index is 526. The molecule has 6 nitrogen and oxygen atoms in total. The molecule has 22 heavy (non-hydrogen) atoms. The highest BCUT2D eigenvalue weighted by atomic mass is 35.5. The smallest absolute Gasteiger partial charge is 0.408 e. The molecule has 0 saturated carbocycles. The Kier molecular flexibility index (Phi) is 5.63. The quantitative estimate of drug-likeness (QED) is 0.423. The molecule has 2 unspecified atom stereocenters. The summed E-state index contributed by atoms with van der Waals surface area (Å²) in [6.45, 7) is 0.316. The number of nitrogens with two attached hydrogens (primary N) is 1. The molecule has 1 aromatic carbocycles. The standard InChI is InChI=1S/C15H20ClN3O3/c16-7-6-12-8-15(10-22-12,13(17)18)19-14(20)21-9-11-4-2-1-3-5-11/h1-5,12H,6-10H2,(H3,17,18)(H,19,20). The molecule has 1 aromatic rings. The first-order chi connectivity index (χ1) is 10.6. The monoisotopic (exact) mass is 325 g/mol. The molecule has 0 aromatic heterocycles. The van der Waals surface area contributed by atoms with Crippen LogP contribution in [0, 0.1) is 5.41 Å². The van der Waals surface area contributed by atoms with E-state index in [0.717, 1.165) is 5.56 Å². The van der Waals surface area contributed by atoms with Crippen LogP contribution >= 0.6 is 11.6 Å². The topological polar surface area (TPSA) is 97.4 Å². The van der Waals surface area contributed by atoms with Crippen molar-refractivity contribution in [2.24, 2.45) is 5.73 Å². The van der Waals surface area contributed by atoms with Crippen LogP contribution in [-0.2, 0) is 16.1 Å². The molecular weight excluding hydrogens is 306 g/mol. The molecule has 1 aliphatic rings. The third kappa shape index (κ3) is 4.11. The molecule has 2 rings (SSSR count). The third-order valence-corrected chi connectivity index (χ3v) is 3.86. The van der Waals surface area contributed by atoms with Crippen molar-refractivity contribution in [1.29, 1.82) is 5.41 Å². The Labute approximate surface area is 134 Å². The van der Waals surface area contributed by atoms with Gasteiger partial charge >= 0.3 is 6.09 Å². The SMILES string of the molecule is N=C(N)C1(NC(=O)OCc2ccccc2)COC(CCCl)C1. The lowest BCUT2D eigenvalue weighted by atomic mass is 9.94. The maximum absolute atomic E-state index is 12.0. The first-order valence-corrected chi connectivity index (χ1v) is 7.60. The number of alkyl halides is 1. The van der Waals surface area contributed by atoms with Gasteiger partial charge in [-0.15, -0.1) is 11.6 Å². The number of amides is 1. The van der Waals surface area contributed by atoms with Crippen LogP contribution < -0.4 is 11.1 Å². The lowest BCUT2D eigenvalue weighted by Gasteiger charge is -2.27. The van der Waals surface area contributed by atoms with Crippen molar-refractivity contribution < 1.29 is 14.3 Å². The van der Waals surface area contributed by atoms with Crippen LogP contribution in [0.3, 0.4) is 0 Å². The van der Waals surface area contributed by atoms with Gasteiger partial charge in [-0.2, -0.15) is 0 Å². The molecule has 7 heteroatoms. The van der Waals surface area contributed by atoms with E-state index in [1.165, 1.54) is 0 Å². The van der Waals surface area contributed by atoms with Gasteiger partial charge in [0.05, 0.1) is 12.7 Å². The summed E-state index contributed by atoms with van der Waals surface area (Å²) >= 11 is 5.70. The molecule has 0 radical (unpaired) electrons. The predicted molar refractivity (Wildman–Crippen MR) is 84.1 cm³/mol. The lowest BCUT2D eigenvalue weighted by Crippen LogP contribution is -2.58. The molecule has 1 heterocycles. The number of rotatable bonds is 6. The number of hydrogen-bond donors (Lipinski definition) is 3. The summed E-state index contributed by atoms with van der Waals surface area (Å²) in [7, 11) is 0. The van der Waals surface area contributed by atoms with E-state index >= 15 is 0 Å². The number of halogens is 1. The van der Waals surface area contributed by atoms with Crippen LogP contribution in [0.4, 0.5) is 4.79 Å². The van der Waals surface area contributed by atoms with E-state index in [1.54, 1.807) is 0 Å². The van der Waals surface area contributed by atoms with Gasteiger partial charge in [-0.25, -0.2) is 4.79 Å². The molecule has 0 spiro atoms. The van der Waals surface area contributed by atoms with Crippen LogP contribution in [0.15, 0.2) is 30.3 Å². The summed E-state index contributed by atoms with van der Waals surface area (Å²) in [6, 6.07) is 9.36. The van der Waals surface area contributed by atoms with E-state index in [2.05, 4.69) is 5.32 Å². The fourth-order valence-corrected chi connectivity index (χ4v) is 2.61. The number of hydrogen-bond acceptors (Lipinski definition) is 4. The molecule has 4 N–H and O–H groups in total. The van der Waals surface area contributed by atoms with Gasteiger partial charge < -0.3 is 20.5 Å². The number of ether oxygens (including phenoxy) is 2. The Morgan fingerprint density at radius 1 is 1.50 bits per heavy atom.